The molecule has 4 aliphatic carbocycles. The van der Waals surface area contributed by atoms with Crippen LogP contribution in [0.3, 0.4) is 0 Å². The second-order valence-electron chi connectivity index (χ2n) is 12.0. The molecule has 7 nitrogen and oxygen atoms in total. The van der Waals surface area contributed by atoms with E-state index in [4.69, 9.17) is 4.74 Å². The zero-order valence-corrected chi connectivity index (χ0v) is 21.9. The third-order valence-corrected chi connectivity index (χ3v) is 9.78. The third kappa shape index (κ3) is 3.09. The van der Waals surface area contributed by atoms with Crippen LogP contribution in [0.1, 0.15) is 39.7 Å². The average Bonchev–Trinajstić information content (AvgIpc) is 3.32. The van der Waals surface area contributed by atoms with Crippen LogP contribution in [0.5, 0.6) is 0 Å². The van der Waals surface area contributed by atoms with Crippen LogP contribution in [0.4, 0.5) is 10.5 Å². The summed E-state index contributed by atoms with van der Waals surface area (Å²) in [7, 11) is 1.58. The number of Topliss-reactive ketones (excluding diaryl/α,β-unsaturated/α-hetero) is 1. The number of nitrogens with zero attached hydrogens (tertiary/aromatic N) is 1. The lowest BCUT2D eigenvalue weighted by Crippen LogP contribution is -2.66. The van der Waals surface area contributed by atoms with Crippen molar-refractivity contribution in [2.75, 3.05) is 18.6 Å². The zero-order valence-electron chi connectivity index (χ0n) is 21.9. The number of benzene rings is 1. The number of aliphatic hydroxyl groups is 3. The first-order chi connectivity index (χ1) is 16.8. The van der Waals surface area contributed by atoms with Crippen LogP contribution < -0.4 is 4.90 Å². The molecular formula is C29H37NO6. The van der Waals surface area contributed by atoms with Gasteiger partial charge >= 0.3 is 6.09 Å². The summed E-state index contributed by atoms with van der Waals surface area (Å²) < 4.78 is 5.92. The Morgan fingerprint density at radius 2 is 1.94 bits per heavy atom. The smallest absolute Gasteiger partial charge is 0.414 e. The summed E-state index contributed by atoms with van der Waals surface area (Å²) in [4.78, 5) is 29.0. The Labute approximate surface area is 212 Å². The number of ether oxygens (including phenoxy) is 1. The molecule has 1 aromatic carbocycles. The number of hydrogen-bond acceptors (Lipinski definition) is 6. The predicted molar refractivity (Wildman–Crippen MR) is 135 cm³/mol. The number of allylic oxidation sites excluding steroid dienone is 1. The average molecular weight is 496 g/mol. The summed E-state index contributed by atoms with van der Waals surface area (Å²) in [6, 6.07) is 7.39. The fourth-order valence-corrected chi connectivity index (χ4v) is 7.72. The maximum atomic E-state index is 14.4. The van der Waals surface area contributed by atoms with Crippen molar-refractivity contribution < 1.29 is 29.6 Å². The Kier molecular flexibility index (Phi) is 5.60. The highest BCUT2D eigenvalue weighted by Crippen LogP contribution is 2.71. The van der Waals surface area contributed by atoms with Gasteiger partial charge in [0.05, 0.1) is 12.0 Å². The van der Waals surface area contributed by atoms with E-state index >= 15 is 0 Å². The normalized spacial score (nSPS) is 40.2. The summed E-state index contributed by atoms with van der Waals surface area (Å²) in [6.45, 7) is 9.40. The van der Waals surface area contributed by atoms with Crippen LogP contribution in [0.2, 0.25) is 0 Å². The van der Waals surface area contributed by atoms with Gasteiger partial charge in [0, 0.05) is 18.7 Å². The molecule has 0 aromatic heterocycles. The molecule has 1 aromatic rings. The van der Waals surface area contributed by atoms with Crippen molar-refractivity contribution in [2.45, 2.75) is 58.8 Å². The first kappa shape index (κ1) is 25.2. The molecule has 36 heavy (non-hydrogen) atoms. The minimum absolute atomic E-state index is 0.0412. The molecule has 194 valence electrons. The van der Waals surface area contributed by atoms with Crippen molar-refractivity contribution in [1.82, 2.24) is 0 Å². The lowest BCUT2D eigenvalue weighted by Gasteiger charge is -2.48. The van der Waals surface area contributed by atoms with Gasteiger partial charge in [-0.1, -0.05) is 45.1 Å². The van der Waals surface area contributed by atoms with Crippen molar-refractivity contribution in [3.8, 4) is 0 Å². The number of carbonyl (C=O) groups excluding carboxylic acids is 2. The van der Waals surface area contributed by atoms with E-state index in [0.29, 0.717) is 23.6 Å². The maximum absolute atomic E-state index is 14.4. The van der Waals surface area contributed by atoms with Crippen LogP contribution in [-0.4, -0.2) is 58.7 Å². The summed E-state index contributed by atoms with van der Waals surface area (Å²) in [5.41, 5.74) is -1.30. The molecule has 3 N–H and O–H groups in total. The molecular weight excluding hydrogens is 458 g/mol. The SMILES string of the molecule is CC1=C[C@]23C(=O)[C@@H](C=C(CO)[C@@H](O)[C@]2(O)[C@H]1OC(=O)N(C)c1cccc(C)c1)[C@H]1[C@@H](C[C@H]3C)C1(C)C. The molecule has 2 bridgehead atoms. The topological polar surface area (TPSA) is 107 Å². The molecule has 2 saturated carbocycles. The molecule has 1 amide bonds. The molecule has 0 radical (unpaired) electrons. The molecule has 8 atom stereocenters. The van der Waals surface area contributed by atoms with E-state index in [1.54, 1.807) is 32.2 Å². The number of aryl methyl sites for hydroxylation is 1. The van der Waals surface area contributed by atoms with Crippen LogP contribution >= 0.6 is 0 Å². The third-order valence-electron chi connectivity index (χ3n) is 9.78. The zero-order chi connectivity index (χ0) is 26.4. The standard InChI is InChI=1S/C29H37NO6/c1-15-8-7-9-19(10-15)30(6)26(34)36-25-16(2)13-28-17(3)11-21-22(27(21,4)5)20(24(28)33)12-18(14-31)23(32)29(25,28)35/h7-10,12-13,17,20-23,25,31-32,35H,11,14H2,1-6H3/t17-,20+,21-,22+,23-,25+,28+,29+/m1/s1. The molecule has 0 unspecified atom stereocenters. The van der Waals surface area contributed by atoms with Crippen LogP contribution in [-0.2, 0) is 9.53 Å². The number of aliphatic hydroxyl groups excluding tert-OH is 2. The Morgan fingerprint density at radius 1 is 1.25 bits per heavy atom. The van der Waals surface area contributed by atoms with Crippen molar-refractivity contribution in [3.05, 3.63) is 53.1 Å². The van der Waals surface area contributed by atoms with Gasteiger partial charge < -0.3 is 20.1 Å². The number of hydrogen-bond donors (Lipinski definition) is 3. The predicted octanol–water partition coefficient (Wildman–Crippen LogP) is 3.40. The lowest BCUT2D eigenvalue weighted by atomic mass is 9.59. The van der Waals surface area contributed by atoms with Gasteiger partial charge in [-0.3, -0.25) is 9.69 Å². The van der Waals surface area contributed by atoms with Gasteiger partial charge in [0.1, 0.15) is 6.10 Å². The molecule has 2 fully saturated rings. The molecule has 5 rings (SSSR count). The quantitative estimate of drug-likeness (QED) is 0.555. The fraction of sp³-hybridized carbons (Fsp3) is 0.586. The first-order valence-electron chi connectivity index (χ1n) is 12.8. The van der Waals surface area contributed by atoms with Crippen molar-refractivity contribution in [3.63, 3.8) is 0 Å². The number of amides is 1. The summed E-state index contributed by atoms with van der Waals surface area (Å²) in [5, 5.41) is 34.3. The molecule has 1 spiro atoms. The van der Waals surface area contributed by atoms with Gasteiger partial charge in [-0.15, -0.1) is 0 Å². The van der Waals surface area contributed by atoms with E-state index in [1.807, 2.05) is 32.0 Å². The van der Waals surface area contributed by atoms with Gasteiger partial charge in [-0.2, -0.15) is 0 Å². The van der Waals surface area contributed by atoms with E-state index in [1.165, 1.54) is 4.90 Å². The van der Waals surface area contributed by atoms with Crippen molar-refractivity contribution >= 4 is 17.6 Å². The number of anilines is 1. The summed E-state index contributed by atoms with van der Waals surface area (Å²) in [5.74, 6) is -0.634. The molecule has 7 heteroatoms. The molecule has 0 saturated heterocycles. The van der Waals surface area contributed by atoms with Gasteiger partial charge in [0.25, 0.3) is 0 Å². The van der Waals surface area contributed by atoms with Crippen LogP contribution in [0, 0.1) is 41.4 Å². The van der Waals surface area contributed by atoms with Gasteiger partial charge in [0.2, 0.25) is 0 Å². The van der Waals surface area contributed by atoms with E-state index in [-0.39, 0.29) is 28.6 Å². The minimum Gasteiger partial charge on any atom is -0.438 e. The first-order valence-corrected chi connectivity index (χ1v) is 12.8. The highest BCUT2D eigenvalue weighted by molar-refractivity contribution is 5.96. The van der Waals surface area contributed by atoms with E-state index in [9.17, 15) is 24.9 Å². The highest BCUT2D eigenvalue weighted by Gasteiger charge is 2.76. The largest absolute Gasteiger partial charge is 0.438 e. The van der Waals surface area contributed by atoms with Crippen LogP contribution in [0.15, 0.2) is 47.6 Å². The maximum Gasteiger partial charge on any atom is 0.414 e. The van der Waals surface area contributed by atoms with Gasteiger partial charge in [-0.05, 0) is 72.3 Å². The van der Waals surface area contributed by atoms with E-state index in [0.717, 1.165) is 5.56 Å². The van der Waals surface area contributed by atoms with Gasteiger partial charge in [0.15, 0.2) is 17.5 Å². The highest BCUT2D eigenvalue weighted by atomic mass is 16.6. The summed E-state index contributed by atoms with van der Waals surface area (Å²) in [6.07, 6.45) is 0.598. The summed E-state index contributed by atoms with van der Waals surface area (Å²) >= 11 is 0. The Hall–Kier alpha value is -2.48. The Balaban J connectivity index is 1.58. The number of fused-ring (bicyclic) bond motifs is 3. The van der Waals surface area contributed by atoms with E-state index < -0.39 is 41.8 Å². The number of rotatable bonds is 3. The molecule has 0 heterocycles. The second kappa shape index (κ2) is 8.01. The monoisotopic (exact) mass is 495 g/mol. The molecule has 4 aliphatic rings. The minimum atomic E-state index is -2.14. The fourth-order valence-electron chi connectivity index (χ4n) is 7.72. The van der Waals surface area contributed by atoms with E-state index in [2.05, 4.69) is 13.8 Å². The Bertz CT molecular complexity index is 1190. The van der Waals surface area contributed by atoms with Gasteiger partial charge in [-0.25, -0.2) is 4.79 Å². The number of ketones is 1. The number of carbonyl (C=O) groups is 2. The lowest BCUT2D eigenvalue weighted by molar-refractivity contribution is -0.189. The Morgan fingerprint density at radius 3 is 2.58 bits per heavy atom. The second-order valence-corrected chi connectivity index (χ2v) is 12.0. The van der Waals surface area contributed by atoms with Crippen LogP contribution in [0.25, 0.3) is 0 Å². The van der Waals surface area contributed by atoms with Crippen molar-refractivity contribution in [2.24, 2.45) is 34.5 Å². The van der Waals surface area contributed by atoms with Crippen molar-refractivity contribution in [1.29, 1.82) is 0 Å². The molecule has 0 aliphatic heterocycles.